The molecule has 0 saturated heterocycles. The molecule has 2 aromatic heterocycles. The Hall–Kier alpha value is -5.16. The normalized spacial score (nSPS) is 10.8. The first-order valence-electron chi connectivity index (χ1n) is 18.5. The zero-order chi connectivity index (χ0) is 39.3. The maximum Gasteiger partial charge on any atom is 0.300 e. The molecule has 0 aliphatic heterocycles. The molecule has 3 aromatic carbocycles. The molecular weight excluding hydrogens is 679 g/mol. The lowest BCUT2D eigenvalue weighted by molar-refractivity contribution is -0.892. The van der Waals surface area contributed by atoms with Gasteiger partial charge in [0.1, 0.15) is 0 Å². The Morgan fingerprint density at radius 3 is 1.26 bits per heavy atom. The number of Topliss-reactive ketones (excluding diaryl/α,β-unsaturated/α-hetero) is 2. The predicted octanol–water partition coefficient (Wildman–Crippen LogP) is 5.05. The molecule has 54 heavy (non-hydrogen) atoms. The second-order valence-electron chi connectivity index (χ2n) is 13.0. The molecule has 0 radical (unpaired) electrons. The van der Waals surface area contributed by atoms with Crippen molar-refractivity contribution in [2.24, 2.45) is 11.8 Å². The molecule has 0 N–H and O–H groups in total. The summed E-state index contributed by atoms with van der Waals surface area (Å²) in [5, 5.41) is 21.4. The van der Waals surface area contributed by atoms with E-state index in [9.17, 15) is 19.6 Å². The highest BCUT2D eigenvalue weighted by Crippen LogP contribution is 2.42. The van der Waals surface area contributed by atoms with Gasteiger partial charge in [-0.05, 0) is 55.5 Å². The van der Waals surface area contributed by atoms with E-state index in [2.05, 4.69) is 36.4 Å². The van der Waals surface area contributed by atoms with Crippen molar-refractivity contribution < 1.29 is 43.4 Å². The van der Waals surface area contributed by atoms with Gasteiger partial charge in [0.15, 0.2) is 13.2 Å². The third-order valence-electron chi connectivity index (χ3n) is 8.49. The third kappa shape index (κ3) is 12.5. The molecule has 0 bridgehead atoms. The molecule has 10 heteroatoms. The van der Waals surface area contributed by atoms with Crippen LogP contribution in [-0.2, 0) is 10.1 Å². The maximum atomic E-state index is 11.7. The van der Waals surface area contributed by atoms with Gasteiger partial charge < -0.3 is 14.7 Å². The first kappa shape index (κ1) is 43.3. The molecule has 9 nitrogen and oxygen atoms in total. The highest BCUT2D eigenvalue weighted by molar-refractivity contribution is 6.28. The number of carbonyl (C=O) groups excluding carboxylic acids is 2. The molecular formula is C44H53BN2O7. The molecule has 0 saturated carbocycles. The van der Waals surface area contributed by atoms with E-state index >= 15 is 0 Å². The fourth-order valence-electron chi connectivity index (χ4n) is 5.95. The number of aromatic nitrogens is 2. The smallest absolute Gasteiger partial charge is 0.300 e. The van der Waals surface area contributed by atoms with Crippen molar-refractivity contribution in [1.82, 2.24) is 0 Å². The molecule has 0 aliphatic carbocycles. The third-order valence-corrected chi connectivity index (χ3v) is 8.49. The van der Waals surface area contributed by atoms with Crippen LogP contribution in [-0.4, -0.2) is 38.7 Å². The van der Waals surface area contributed by atoms with Crippen LogP contribution in [0.2, 0.25) is 0 Å². The Morgan fingerprint density at radius 2 is 0.944 bits per heavy atom. The average Bonchev–Trinajstić information content (AvgIpc) is 3.19. The van der Waals surface area contributed by atoms with Crippen LogP contribution in [0.25, 0.3) is 0 Å². The first-order chi connectivity index (χ1) is 26.1. The fraction of sp³-hybridized carbons (Fsp3) is 0.318. The molecule has 0 unspecified atom stereocenters. The summed E-state index contributed by atoms with van der Waals surface area (Å²) in [4.78, 5) is 34.1. The van der Waals surface area contributed by atoms with E-state index < -0.39 is 7.32 Å². The highest BCUT2D eigenvalue weighted by atomic mass is 16.7. The molecule has 284 valence electrons. The molecule has 0 spiro atoms. The zero-order valence-corrected chi connectivity index (χ0v) is 32.3. The van der Waals surface area contributed by atoms with Crippen molar-refractivity contribution in [3.8, 4) is 0 Å². The summed E-state index contributed by atoms with van der Waals surface area (Å²) in [5.74, 6) is 0.173. The van der Waals surface area contributed by atoms with E-state index in [1.807, 2.05) is 120 Å². The molecule has 0 atom stereocenters. The van der Waals surface area contributed by atoms with Crippen LogP contribution in [0.5, 0.6) is 0 Å². The first-order valence-corrected chi connectivity index (χ1v) is 18.5. The van der Waals surface area contributed by atoms with E-state index in [1.54, 1.807) is 24.5 Å². The van der Waals surface area contributed by atoms with Gasteiger partial charge in [-0.25, -0.2) is 0 Å². The lowest BCUT2D eigenvalue weighted by atomic mass is 9.67. The molecule has 0 fully saturated rings. The monoisotopic (exact) mass is 732 g/mol. The van der Waals surface area contributed by atoms with Gasteiger partial charge in [-0.2, -0.15) is 0 Å². The Labute approximate surface area is 320 Å². The number of benzene rings is 3. The van der Waals surface area contributed by atoms with Gasteiger partial charge in [0.05, 0.1) is 7.32 Å². The zero-order valence-electron chi connectivity index (χ0n) is 32.3. The Morgan fingerprint density at radius 1 is 0.593 bits per heavy atom. The second kappa shape index (κ2) is 22.8. The van der Waals surface area contributed by atoms with Crippen LogP contribution in [0.4, 0.5) is 0 Å². The number of nitrogens with zero attached hydrogens (tertiary/aromatic N) is 2. The van der Waals surface area contributed by atoms with Crippen LogP contribution < -0.4 is 29.2 Å². The number of carbonyl (C=O) groups is 2. The van der Waals surface area contributed by atoms with E-state index in [4.69, 9.17) is 14.3 Å². The fourth-order valence-corrected chi connectivity index (χ4v) is 5.95. The molecule has 5 aromatic rings. The van der Waals surface area contributed by atoms with Gasteiger partial charge in [-0.3, -0.25) is 19.3 Å². The van der Waals surface area contributed by atoms with Crippen molar-refractivity contribution >= 4 is 18.9 Å². The minimum absolute atomic E-state index is 0.0101. The summed E-state index contributed by atoms with van der Waals surface area (Å²) >= 11 is 0. The summed E-state index contributed by atoms with van der Waals surface area (Å²) in [7, 11) is -2.23. The van der Waals surface area contributed by atoms with Gasteiger partial charge in [0.25, 0.3) is 11.4 Å². The SMILES string of the molecule is CCO[n+]1ccccc1C(=O)C(C)C.CCO[n+]1ccccc1C(=O)C(C)C.[O-]B([O-])OCCCC(c1ccccc1)(c1ccccc1)c1ccccc1. The topological polar surface area (TPSA) is 116 Å². The molecule has 0 aliphatic rings. The van der Waals surface area contributed by atoms with E-state index in [1.165, 1.54) is 26.2 Å². The van der Waals surface area contributed by atoms with E-state index in [0.29, 0.717) is 31.0 Å². The summed E-state index contributed by atoms with van der Waals surface area (Å²) in [6.07, 6.45) is 4.84. The lowest BCUT2D eigenvalue weighted by Gasteiger charge is -2.37. The quantitative estimate of drug-likeness (QED) is 0.0459. The van der Waals surface area contributed by atoms with Crippen LogP contribution in [0.1, 0.15) is 92.1 Å². The highest BCUT2D eigenvalue weighted by Gasteiger charge is 2.35. The van der Waals surface area contributed by atoms with Crippen LogP contribution in [0, 0.1) is 11.8 Å². The number of rotatable bonds is 16. The standard InChI is InChI=1S/C22H21BO3.2C11H16NO2/c24-23(25)26-18-10-17-22(19-11-4-1-5-12-19,20-13-6-2-7-14-20)21-15-8-3-9-16-21;2*1-4-14-12-8-6-5-7-10(12)11(13)9(2)3/h1-9,11-16H,10,17-18H2;2*5-9H,4H2,1-3H3/q-2;2*+1. The molecule has 2 heterocycles. The second-order valence-corrected chi connectivity index (χ2v) is 13.0. The van der Waals surface area contributed by atoms with Crippen LogP contribution in [0.3, 0.4) is 0 Å². The number of ketones is 2. The molecule has 0 amide bonds. The van der Waals surface area contributed by atoms with Crippen molar-refractivity contribution in [1.29, 1.82) is 0 Å². The summed E-state index contributed by atoms with van der Waals surface area (Å²) in [5.41, 5.74) is 4.37. The Bertz CT molecular complexity index is 1660. The Kier molecular flexibility index (Phi) is 18.3. The van der Waals surface area contributed by atoms with Crippen molar-refractivity contribution in [2.75, 3.05) is 19.8 Å². The summed E-state index contributed by atoms with van der Waals surface area (Å²) in [6.45, 7) is 12.6. The van der Waals surface area contributed by atoms with Gasteiger partial charge in [-0.15, -0.1) is 0 Å². The largest absolute Gasteiger partial charge is 0.871 e. The van der Waals surface area contributed by atoms with E-state index in [-0.39, 0.29) is 35.4 Å². The van der Waals surface area contributed by atoms with Crippen LogP contribution in [0.15, 0.2) is 140 Å². The Balaban J connectivity index is 0.000000238. The predicted molar refractivity (Wildman–Crippen MR) is 206 cm³/mol. The van der Waals surface area contributed by atoms with Gasteiger partial charge in [0.2, 0.25) is 24.0 Å². The number of hydrogen-bond donors (Lipinski definition) is 0. The minimum Gasteiger partial charge on any atom is -0.871 e. The summed E-state index contributed by atoms with van der Waals surface area (Å²) < 4.78 is 7.79. The number of hydrogen-bond acceptors (Lipinski definition) is 7. The lowest BCUT2D eigenvalue weighted by Crippen LogP contribution is -2.48. The number of pyridine rings is 2. The van der Waals surface area contributed by atoms with Crippen molar-refractivity contribution in [3.05, 3.63) is 168 Å². The average molecular weight is 733 g/mol. The van der Waals surface area contributed by atoms with Gasteiger partial charge in [-0.1, -0.05) is 119 Å². The molecule has 5 rings (SSSR count). The van der Waals surface area contributed by atoms with Crippen molar-refractivity contribution in [3.63, 3.8) is 0 Å². The maximum absolute atomic E-state index is 11.7. The van der Waals surface area contributed by atoms with Crippen LogP contribution >= 0.6 is 0 Å². The minimum atomic E-state index is -2.23. The summed E-state index contributed by atoms with van der Waals surface area (Å²) in [6, 6.07) is 41.9. The van der Waals surface area contributed by atoms with Gasteiger partial charge in [0, 0.05) is 57.6 Å². The van der Waals surface area contributed by atoms with Gasteiger partial charge >= 0.3 is 0 Å². The van der Waals surface area contributed by atoms with E-state index in [0.717, 1.165) is 6.42 Å². The van der Waals surface area contributed by atoms with Crippen molar-refractivity contribution in [2.45, 2.75) is 59.8 Å².